The summed E-state index contributed by atoms with van der Waals surface area (Å²) in [5.41, 5.74) is 2.84. The second-order valence-electron chi connectivity index (χ2n) is 8.46. The van der Waals surface area contributed by atoms with Crippen LogP contribution in [0.15, 0.2) is 83.1 Å². The number of hydrogen-bond acceptors (Lipinski definition) is 3. The van der Waals surface area contributed by atoms with Crippen LogP contribution >= 0.6 is 0 Å². The van der Waals surface area contributed by atoms with Gasteiger partial charge in [-0.3, -0.25) is 9.59 Å². The zero-order chi connectivity index (χ0) is 22.4. The molecule has 2 amide bonds. The first-order valence-electron chi connectivity index (χ1n) is 10.3. The van der Waals surface area contributed by atoms with Gasteiger partial charge in [-0.1, -0.05) is 63.2 Å². The topological polar surface area (TPSA) is 71.3 Å². The van der Waals surface area contributed by atoms with Crippen LogP contribution in [0.2, 0.25) is 0 Å². The van der Waals surface area contributed by atoms with Crippen LogP contribution in [0.3, 0.4) is 0 Å². The Morgan fingerprint density at radius 3 is 2.19 bits per heavy atom. The van der Waals surface area contributed by atoms with Crippen LogP contribution in [0, 0.1) is 0 Å². The number of hydrogen-bond donors (Lipinski definition) is 2. The highest BCUT2D eigenvalue weighted by molar-refractivity contribution is 6.05. The molecule has 3 aromatic rings. The molecule has 1 aromatic heterocycles. The lowest BCUT2D eigenvalue weighted by Gasteiger charge is -2.21. The van der Waals surface area contributed by atoms with Gasteiger partial charge in [-0.2, -0.15) is 0 Å². The van der Waals surface area contributed by atoms with Crippen molar-refractivity contribution in [3.05, 3.63) is 101 Å². The fraction of sp³-hybridized carbons (Fsp3) is 0.231. The Labute approximate surface area is 183 Å². The molecule has 0 bridgehead atoms. The average molecular weight is 417 g/mol. The summed E-state index contributed by atoms with van der Waals surface area (Å²) in [4.78, 5) is 25.6. The van der Waals surface area contributed by atoms with Crippen molar-refractivity contribution in [2.45, 2.75) is 39.2 Å². The van der Waals surface area contributed by atoms with Gasteiger partial charge in [-0.05, 0) is 47.7 Å². The van der Waals surface area contributed by atoms with Gasteiger partial charge in [0.2, 0.25) is 0 Å². The monoisotopic (exact) mass is 416 g/mol. The van der Waals surface area contributed by atoms with E-state index in [2.05, 4.69) is 43.5 Å². The highest BCUT2D eigenvalue weighted by Crippen LogP contribution is 2.24. The molecule has 1 unspecified atom stereocenters. The third-order valence-corrected chi connectivity index (χ3v) is 4.98. The lowest BCUT2D eigenvalue weighted by atomic mass is 9.86. The summed E-state index contributed by atoms with van der Waals surface area (Å²) in [6, 6.07) is 20.1. The molecule has 0 spiro atoms. The van der Waals surface area contributed by atoms with Crippen molar-refractivity contribution in [3.8, 4) is 0 Å². The molecule has 5 nitrogen and oxygen atoms in total. The minimum Gasteiger partial charge on any atom is -0.465 e. The Morgan fingerprint density at radius 1 is 0.935 bits per heavy atom. The maximum Gasteiger partial charge on any atom is 0.268 e. The third kappa shape index (κ3) is 5.95. The molecule has 1 atom stereocenters. The second-order valence-corrected chi connectivity index (χ2v) is 8.46. The predicted octanol–water partition coefficient (Wildman–Crippen LogP) is 5.23. The predicted molar refractivity (Wildman–Crippen MR) is 122 cm³/mol. The van der Waals surface area contributed by atoms with Crippen molar-refractivity contribution < 1.29 is 14.0 Å². The fourth-order valence-corrected chi connectivity index (χ4v) is 3.09. The Hall–Kier alpha value is -3.60. The van der Waals surface area contributed by atoms with Crippen molar-refractivity contribution in [2.75, 3.05) is 0 Å². The lowest BCUT2D eigenvalue weighted by Crippen LogP contribution is -2.36. The number of rotatable bonds is 6. The van der Waals surface area contributed by atoms with Gasteiger partial charge in [-0.15, -0.1) is 0 Å². The smallest absolute Gasteiger partial charge is 0.268 e. The molecular weight excluding hydrogens is 388 g/mol. The number of benzene rings is 2. The van der Waals surface area contributed by atoms with E-state index in [-0.39, 0.29) is 23.1 Å². The number of furan rings is 1. The molecule has 0 fully saturated rings. The molecule has 160 valence electrons. The molecule has 31 heavy (non-hydrogen) atoms. The number of nitrogens with one attached hydrogen (secondary N) is 2. The molecule has 0 saturated carbocycles. The highest BCUT2D eigenvalue weighted by atomic mass is 16.3. The quantitative estimate of drug-likeness (QED) is 0.541. The average Bonchev–Trinajstić information content (AvgIpc) is 3.26. The second kappa shape index (κ2) is 9.47. The van der Waals surface area contributed by atoms with E-state index >= 15 is 0 Å². The highest BCUT2D eigenvalue weighted by Gasteiger charge is 2.19. The van der Waals surface area contributed by atoms with Crippen LogP contribution < -0.4 is 10.6 Å². The molecule has 0 saturated heterocycles. The van der Waals surface area contributed by atoms with Gasteiger partial charge in [0.15, 0.2) is 0 Å². The zero-order valence-electron chi connectivity index (χ0n) is 18.3. The van der Waals surface area contributed by atoms with E-state index in [1.165, 1.54) is 17.9 Å². The molecule has 0 aliphatic heterocycles. The van der Waals surface area contributed by atoms with E-state index in [1.54, 1.807) is 36.4 Å². The van der Waals surface area contributed by atoms with Crippen molar-refractivity contribution in [1.29, 1.82) is 0 Å². The molecule has 2 N–H and O–H groups in total. The van der Waals surface area contributed by atoms with Gasteiger partial charge in [0.1, 0.15) is 11.5 Å². The molecule has 3 rings (SSSR count). The number of amides is 2. The Bertz CT molecular complexity index is 1040. The van der Waals surface area contributed by atoms with E-state index in [0.717, 1.165) is 5.56 Å². The van der Waals surface area contributed by atoms with Gasteiger partial charge >= 0.3 is 0 Å². The van der Waals surface area contributed by atoms with Crippen molar-refractivity contribution in [3.63, 3.8) is 0 Å². The van der Waals surface area contributed by atoms with Gasteiger partial charge in [0, 0.05) is 11.6 Å². The first kappa shape index (κ1) is 22.1. The van der Waals surface area contributed by atoms with Gasteiger partial charge in [0.25, 0.3) is 11.8 Å². The summed E-state index contributed by atoms with van der Waals surface area (Å²) in [5, 5.41) is 5.67. The Morgan fingerprint density at radius 2 is 1.61 bits per heavy atom. The summed E-state index contributed by atoms with van der Waals surface area (Å²) in [6.07, 6.45) is 3.03. The normalized spacial score (nSPS) is 12.8. The fourth-order valence-electron chi connectivity index (χ4n) is 3.09. The van der Waals surface area contributed by atoms with E-state index < -0.39 is 5.91 Å². The van der Waals surface area contributed by atoms with E-state index in [1.807, 2.05) is 25.1 Å². The van der Waals surface area contributed by atoms with Crippen LogP contribution in [-0.4, -0.2) is 11.8 Å². The van der Waals surface area contributed by atoms with Gasteiger partial charge in [-0.25, -0.2) is 0 Å². The number of carbonyl (C=O) groups excluding carboxylic acids is 2. The summed E-state index contributed by atoms with van der Waals surface area (Å²) in [7, 11) is 0. The molecule has 2 aromatic carbocycles. The standard InChI is InChI=1S/C26H28N2O3/c1-18(19-12-14-21(15-13-19)26(2,3)4)27-25(30)23(17-22-11-8-16-31-22)28-24(29)20-9-6-5-7-10-20/h5-18H,1-4H3,(H,27,30)(H,28,29)/b23-17-. The maximum absolute atomic E-state index is 13.0. The summed E-state index contributed by atoms with van der Waals surface area (Å²) >= 11 is 0. The molecular formula is C26H28N2O3. The van der Waals surface area contributed by atoms with Crippen LogP contribution in [0.25, 0.3) is 6.08 Å². The molecule has 5 heteroatoms. The van der Waals surface area contributed by atoms with E-state index in [0.29, 0.717) is 11.3 Å². The lowest BCUT2D eigenvalue weighted by molar-refractivity contribution is -0.118. The van der Waals surface area contributed by atoms with Crippen molar-refractivity contribution in [1.82, 2.24) is 10.6 Å². The SMILES string of the molecule is CC(NC(=O)/C(=C/c1ccco1)NC(=O)c1ccccc1)c1ccc(C(C)(C)C)cc1. The molecule has 0 radical (unpaired) electrons. The number of carbonyl (C=O) groups is 2. The largest absolute Gasteiger partial charge is 0.465 e. The first-order valence-corrected chi connectivity index (χ1v) is 10.3. The minimum absolute atomic E-state index is 0.0612. The maximum atomic E-state index is 13.0. The van der Waals surface area contributed by atoms with Gasteiger partial charge in [0.05, 0.1) is 12.3 Å². The summed E-state index contributed by atoms with van der Waals surface area (Å²) in [5.74, 6) is -0.287. The summed E-state index contributed by atoms with van der Waals surface area (Å²) in [6.45, 7) is 8.39. The molecule has 0 aliphatic carbocycles. The Kier molecular flexibility index (Phi) is 6.75. The Balaban J connectivity index is 1.77. The first-order chi connectivity index (χ1) is 14.7. The zero-order valence-corrected chi connectivity index (χ0v) is 18.3. The van der Waals surface area contributed by atoms with Crippen LogP contribution in [0.4, 0.5) is 0 Å². The summed E-state index contributed by atoms with van der Waals surface area (Å²) < 4.78 is 5.33. The van der Waals surface area contributed by atoms with Crippen molar-refractivity contribution in [2.24, 2.45) is 0 Å². The third-order valence-electron chi connectivity index (χ3n) is 4.98. The van der Waals surface area contributed by atoms with Crippen LogP contribution in [0.1, 0.15) is 61.0 Å². The van der Waals surface area contributed by atoms with Crippen LogP contribution in [-0.2, 0) is 10.2 Å². The molecule has 1 heterocycles. The van der Waals surface area contributed by atoms with Crippen LogP contribution in [0.5, 0.6) is 0 Å². The van der Waals surface area contributed by atoms with E-state index in [9.17, 15) is 9.59 Å². The van der Waals surface area contributed by atoms with Gasteiger partial charge < -0.3 is 15.1 Å². The molecule has 0 aliphatic rings. The van der Waals surface area contributed by atoms with E-state index in [4.69, 9.17) is 4.42 Å². The minimum atomic E-state index is -0.395. The van der Waals surface area contributed by atoms with Crippen molar-refractivity contribution >= 4 is 17.9 Å².